The first-order chi connectivity index (χ1) is 11.1. The first-order valence-corrected chi connectivity index (χ1v) is 7.05. The lowest BCUT2D eigenvalue weighted by molar-refractivity contribution is -0.306. The van der Waals surface area contributed by atoms with Crippen molar-refractivity contribution >= 4 is 17.7 Å². The first-order valence-electron chi connectivity index (χ1n) is 7.05. The number of methoxy groups -OCH3 is 1. The normalized spacial score (nSPS) is 11.3. The Bertz CT molecular complexity index is 673. The number of carbonyl (C=O) groups excluding carboxylic acids is 2. The van der Waals surface area contributed by atoms with E-state index < -0.39 is 18.0 Å². The van der Waals surface area contributed by atoms with Gasteiger partial charge in [-0.05, 0) is 29.8 Å². The largest absolute Gasteiger partial charge is 0.550 e. The molecule has 6 heteroatoms. The fourth-order valence-corrected chi connectivity index (χ4v) is 2.12. The lowest BCUT2D eigenvalue weighted by Gasteiger charge is -2.20. The third kappa shape index (κ3) is 5.03. The molecule has 2 aromatic rings. The molecule has 120 valence electrons. The molecule has 2 aromatic carbocycles. The van der Waals surface area contributed by atoms with Crippen molar-refractivity contribution in [1.29, 1.82) is 0 Å². The summed E-state index contributed by atoms with van der Waals surface area (Å²) in [6.07, 6.45) is -0.338. The topological polar surface area (TPSA) is 90.5 Å². The lowest BCUT2D eigenvalue weighted by atomic mass is 10.0. The molecular formula is C17H17N2O4-. The molecule has 0 aliphatic rings. The average molecular weight is 313 g/mol. The van der Waals surface area contributed by atoms with Crippen LogP contribution in [0.15, 0.2) is 54.6 Å². The van der Waals surface area contributed by atoms with Gasteiger partial charge in [-0.25, -0.2) is 4.79 Å². The van der Waals surface area contributed by atoms with E-state index in [1.807, 2.05) is 6.07 Å². The fourth-order valence-electron chi connectivity index (χ4n) is 2.12. The summed E-state index contributed by atoms with van der Waals surface area (Å²) in [6.45, 7) is 0. The van der Waals surface area contributed by atoms with Crippen molar-refractivity contribution in [2.45, 2.75) is 12.5 Å². The Hall–Kier alpha value is -3.02. The number of anilines is 1. The Morgan fingerprint density at radius 2 is 1.87 bits per heavy atom. The monoisotopic (exact) mass is 313 g/mol. The molecule has 0 radical (unpaired) electrons. The Balaban J connectivity index is 2.11. The van der Waals surface area contributed by atoms with Gasteiger partial charge < -0.3 is 25.3 Å². The minimum atomic E-state index is -1.25. The van der Waals surface area contributed by atoms with Gasteiger partial charge in [-0.15, -0.1) is 0 Å². The van der Waals surface area contributed by atoms with E-state index >= 15 is 0 Å². The minimum absolute atomic E-state index is 0.338. The van der Waals surface area contributed by atoms with Crippen molar-refractivity contribution in [2.24, 2.45) is 0 Å². The summed E-state index contributed by atoms with van der Waals surface area (Å²) < 4.78 is 5.12. The molecule has 0 heterocycles. The average Bonchev–Trinajstić information content (AvgIpc) is 2.54. The van der Waals surface area contributed by atoms with Crippen molar-refractivity contribution in [1.82, 2.24) is 5.32 Å². The summed E-state index contributed by atoms with van der Waals surface area (Å²) >= 11 is 0. The molecule has 1 atom stereocenters. The standard InChI is InChI=1S/C17H18N2O4/c1-23-14-9-5-6-12(10-14)15(11-16(20)21)19-17(22)18-13-7-3-2-4-8-13/h2-10,15H,11H2,1H3,(H,20,21)(H2,18,19,22)/p-1/t15-/m1/s1. The van der Waals surface area contributed by atoms with Gasteiger partial charge in [0.1, 0.15) is 5.75 Å². The SMILES string of the molecule is COc1cccc([C@@H](CC(=O)[O-])NC(=O)Nc2ccccc2)c1. The van der Waals surface area contributed by atoms with Crippen LogP contribution in [0.25, 0.3) is 0 Å². The summed E-state index contributed by atoms with van der Waals surface area (Å²) in [5, 5.41) is 16.3. The number of hydrogen-bond acceptors (Lipinski definition) is 4. The van der Waals surface area contributed by atoms with E-state index in [0.29, 0.717) is 17.0 Å². The van der Waals surface area contributed by atoms with E-state index in [4.69, 9.17) is 4.74 Å². The van der Waals surface area contributed by atoms with E-state index in [1.165, 1.54) is 7.11 Å². The molecule has 23 heavy (non-hydrogen) atoms. The van der Waals surface area contributed by atoms with E-state index in [0.717, 1.165) is 0 Å². The maximum Gasteiger partial charge on any atom is 0.319 e. The molecule has 2 N–H and O–H groups in total. The highest BCUT2D eigenvalue weighted by Crippen LogP contribution is 2.21. The number of nitrogens with one attached hydrogen (secondary N) is 2. The molecule has 0 fully saturated rings. The number of carboxylic acid groups (broad SMARTS) is 1. The van der Waals surface area contributed by atoms with E-state index in [2.05, 4.69) is 10.6 Å². The molecule has 0 unspecified atom stereocenters. The predicted octanol–water partition coefficient (Wildman–Crippen LogP) is 1.70. The maximum atomic E-state index is 12.1. The number of benzene rings is 2. The molecule has 6 nitrogen and oxygen atoms in total. The zero-order valence-electron chi connectivity index (χ0n) is 12.6. The highest BCUT2D eigenvalue weighted by molar-refractivity contribution is 5.89. The van der Waals surface area contributed by atoms with Crippen LogP contribution in [-0.4, -0.2) is 19.1 Å². The molecule has 0 aromatic heterocycles. The summed E-state index contributed by atoms with van der Waals surface area (Å²) in [7, 11) is 1.52. The minimum Gasteiger partial charge on any atom is -0.550 e. The molecule has 0 saturated carbocycles. The van der Waals surface area contributed by atoms with Crippen molar-refractivity contribution in [2.75, 3.05) is 12.4 Å². The molecule has 0 aliphatic heterocycles. The van der Waals surface area contributed by atoms with Crippen LogP contribution >= 0.6 is 0 Å². The van der Waals surface area contributed by atoms with Crippen LogP contribution in [0.2, 0.25) is 0 Å². The number of para-hydroxylation sites is 1. The Morgan fingerprint density at radius 1 is 1.13 bits per heavy atom. The number of hydrogen-bond donors (Lipinski definition) is 2. The number of rotatable bonds is 6. The molecule has 0 aliphatic carbocycles. The van der Waals surface area contributed by atoms with Crippen LogP contribution in [-0.2, 0) is 4.79 Å². The highest BCUT2D eigenvalue weighted by atomic mass is 16.5. The van der Waals surface area contributed by atoms with Gasteiger partial charge in [-0.2, -0.15) is 0 Å². The van der Waals surface area contributed by atoms with Gasteiger partial charge >= 0.3 is 6.03 Å². The van der Waals surface area contributed by atoms with E-state index in [1.54, 1.807) is 48.5 Å². The van der Waals surface area contributed by atoms with Crippen LogP contribution in [0.5, 0.6) is 5.75 Å². The molecule has 0 bridgehead atoms. The second-order valence-corrected chi connectivity index (χ2v) is 4.87. The van der Waals surface area contributed by atoms with Gasteiger partial charge in [0.15, 0.2) is 0 Å². The van der Waals surface area contributed by atoms with Crippen LogP contribution in [0.1, 0.15) is 18.0 Å². The quantitative estimate of drug-likeness (QED) is 0.849. The molecule has 2 rings (SSSR count). The lowest BCUT2D eigenvalue weighted by Crippen LogP contribution is -2.36. The van der Waals surface area contributed by atoms with Gasteiger partial charge in [0, 0.05) is 18.1 Å². The number of urea groups is 1. The smallest absolute Gasteiger partial charge is 0.319 e. The third-order valence-corrected chi connectivity index (χ3v) is 3.20. The number of amides is 2. The Morgan fingerprint density at radius 3 is 2.52 bits per heavy atom. The molecule has 0 spiro atoms. The molecule has 0 saturated heterocycles. The summed E-state index contributed by atoms with van der Waals surface area (Å²) in [4.78, 5) is 23.0. The van der Waals surface area contributed by atoms with Gasteiger partial charge in [0.05, 0.1) is 13.2 Å². The summed E-state index contributed by atoms with van der Waals surface area (Å²) in [6, 6.07) is 14.5. The first kappa shape index (κ1) is 16.4. The second kappa shape index (κ2) is 7.84. The zero-order chi connectivity index (χ0) is 16.7. The fraction of sp³-hybridized carbons (Fsp3) is 0.176. The Labute approximate surface area is 134 Å². The van der Waals surface area contributed by atoms with Crippen LogP contribution < -0.4 is 20.5 Å². The van der Waals surface area contributed by atoms with Crippen molar-refractivity contribution in [3.63, 3.8) is 0 Å². The molecule has 2 amide bonds. The van der Waals surface area contributed by atoms with Crippen molar-refractivity contribution in [3.05, 3.63) is 60.2 Å². The van der Waals surface area contributed by atoms with Gasteiger partial charge in [-0.3, -0.25) is 0 Å². The number of carboxylic acids is 1. The maximum absolute atomic E-state index is 12.1. The van der Waals surface area contributed by atoms with Gasteiger partial charge in [0.2, 0.25) is 0 Å². The van der Waals surface area contributed by atoms with Crippen LogP contribution in [0.3, 0.4) is 0 Å². The zero-order valence-corrected chi connectivity index (χ0v) is 12.6. The number of ether oxygens (including phenoxy) is 1. The predicted molar refractivity (Wildman–Crippen MR) is 84.0 cm³/mol. The van der Waals surface area contributed by atoms with Crippen molar-refractivity contribution < 1.29 is 19.4 Å². The van der Waals surface area contributed by atoms with E-state index in [9.17, 15) is 14.7 Å². The van der Waals surface area contributed by atoms with E-state index in [-0.39, 0.29) is 6.42 Å². The second-order valence-electron chi connectivity index (χ2n) is 4.87. The number of aliphatic carboxylic acids is 1. The highest BCUT2D eigenvalue weighted by Gasteiger charge is 2.15. The summed E-state index contributed by atoms with van der Waals surface area (Å²) in [5.41, 5.74) is 1.24. The van der Waals surface area contributed by atoms with Crippen LogP contribution in [0.4, 0.5) is 10.5 Å². The summed E-state index contributed by atoms with van der Waals surface area (Å²) in [5.74, 6) is -0.672. The van der Waals surface area contributed by atoms with Crippen molar-refractivity contribution in [3.8, 4) is 5.75 Å². The Kier molecular flexibility index (Phi) is 5.57. The third-order valence-electron chi connectivity index (χ3n) is 3.20. The molecular weight excluding hydrogens is 296 g/mol. The number of carbonyl (C=O) groups is 2. The van der Waals surface area contributed by atoms with Gasteiger partial charge in [0.25, 0.3) is 0 Å². The van der Waals surface area contributed by atoms with Crippen LogP contribution in [0, 0.1) is 0 Å². The van der Waals surface area contributed by atoms with Gasteiger partial charge in [-0.1, -0.05) is 30.3 Å².